The Balaban J connectivity index is 1.69. The Morgan fingerprint density at radius 3 is 3.00 bits per heavy atom. The predicted octanol–water partition coefficient (Wildman–Crippen LogP) is 1.44. The van der Waals surface area contributed by atoms with Crippen molar-refractivity contribution < 1.29 is 9.53 Å². The smallest absolute Gasteiger partial charge is 0.248 e. The number of ether oxygens (including phenoxy) is 1. The first kappa shape index (κ1) is 17.1. The first-order valence-corrected chi connectivity index (χ1v) is 9.00. The molecule has 1 aliphatic rings. The van der Waals surface area contributed by atoms with Gasteiger partial charge in [0.1, 0.15) is 16.7 Å². The molecule has 7 nitrogen and oxygen atoms in total. The number of piperidine rings is 1. The molecule has 1 unspecified atom stereocenters. The standard InChI is InChI=1S/C16H23N5O2S/c1-12(23-2)14-20-13(11-24-14)10-18-15(22)16(4-7-17-8-5-16)21-9-3-6-19-21/h3,6,9,11-12,17H,4-5,7-8,10H2,1-2H3,(H,18,22). The van der Waals surface area contributed by atoms with Crippen LogP contribution in [0.5, 0.6) is 0 Å². The van der Waals surface area contributed by atoms with Gasteiger partial charge in [-0.15, -0.1) is 11.3 Å². The van der Waals surface area contributed by atoms with Crippen molar-refractivity contribution in [3.8, 4) is 0 Å². The van der Waals surface area contributed by atoms with Gasteiger partial charge in [-0.05, 0) is 38.9 Å². The third kappa shape index (κ3) is 3.35. The Labute approximate surface area is 145 Å². The Morgan fingerprint density at radius 1 is 1.54 bits per heavy atom. The first-order chi connectivity index (χ1) is 11.7. The van der Waals surface area contributed by atoms with E-state index in [1.807, 2.05) is 24.6 Å². The molecule has 0 saturated carbocycles. The molecule has 1 fully saturated rings. The molecule has 2 aromatic heterocycles. The van der Waals surface area contributed by atoms with E-state index in [4.69, 9.17) is 4.74 Å². The zero-order chi connectivity index (χ0) is 17.0. The first-order valence-electron chi connectivity index (χ1n) is 8.12. The summed E-state index contributed by atoms with van der Waals surface area (Å²) in [5, 5.41) is 13.6. The van der Waals surface area contributed by atoms with Gasteiger partial charge in [-0.1, -0.05) is 0 Å². The lowest BCUT2D eigenvalue weighted by Gasteiger charge is -2.36. The van der Waals surface area contributed by atoms with Gasteiger partial charge in [0.05, 0.1) is 12.2 Å². The highest BCUT2D eigenvalue weighted by Gasteiger charge is 2.41. The van der Waals surface area contributed by atoms with Crippen molar-refractivity contribution in [3.63, 3.8) is 0 Å². The number of rotatable bonds is 6. The van der Waals surface area contributed by atoms with Gasteiger partial charge >= 0.3 is 0 Å². The molecule has 0 bridgehead atoms. The maximum absolute atomic E-state index is 12.9. The third-order valence-corrected chi connectivity index (χ3v) is 5.55. The minimum atomic E-state index is -0.618. The summed E-state index contributed by atoms with van der Waals surface area (Å²) in [7, 11) is 1.67. The lowest BCUT2D eigenvalue weighted by Crippen LogP contribution is -2.54. The zero-order valence-corrected chi connectivity index (χ0v) is 14.8. The molecule has 1 atom stereocenters. The second kappa shape index (κ2) is 7.42. The number of carbonyl (C=O) groups excluding carboxylic acids is 1. The van der Waals surface area contributed by atoms with Crippen LogP contribution in [-0.4, -0.2) is 40.9 Å². The zero-order valence-electron chi connectivity index (χ0n) is 14.0. The van der Waals surface area contributed by atoms with E-state index in [0.717, 1.165) is 36.6 Å². The molecule has 24 heavy (non-hydrogen) atoms. The molecule has 2 aromatic rings. The summed E-state index contributed by atoms with van der Waals surface area (Å²) in [5.74, 6) is 0.00189. The number of hydrogen-bond donors (Lipinski definition) is 2. The van der Waals surface area contributed by atoms with Crippen LogP contribution in [0.2, 0.25) is 0 Å². The highest BCUT2D eigenvalue weighted by atomic mass is 32.1. The van der Waals surface area contributed by atoms with E-state index in [9.17, 15) is 4.79 Å². The molecule has 0 spiro atoms. The van der Waals surface area contributed by atoms with E-state index in [2.05, 4.69) is 20.7 Å². The molecule has 2 N–H and O–H groups in total. The minimum Gasteiger partial charge on any atom is -0.375 e. The Hall–Kier alpha value is -1.77. The van der Waals surface area contributed by atoms with E-state index in [-0.39, 0.29) is 12.0 Å². The fraction of sp³-hybridized carbons (Fsp3) is 0.562. The van der Waals surface area contributed by atoms with E-state index in [1.54, 1.807) is 29.3 Å². The number of carbonyl (C=O) groups is 1. The largest absolute Gasteiger partial charge is 0.375 e. The number of thiazole rings is 1. The van der Waals surface area contributed by atoms with Crippen LogP contribution in [0.25, 0.3) is 0 Å². The van der Waals surface area contributed by atoms with Crippen molar-refractivity contribution in [2.45, 2.75) is 38.0 Å². The van der Waals surface area contributed by atoms with Gasteiger partial charge in [0.2, 0.25) is 5.91 Å². The predicted molar refractivity (Wildman–Crippen MR) is 91.7 cm³/mol. The molecule has 1 saturated heterocycles. The number of nitrogens with one attached hydrogen (secondary N) is 2. The second-order valence-electron chi connectivity index (χ2n) is 5.97. The molecule has 0 radical (unpaired) electrons. The molecule has 1 aliphatic heterocycles. The van der Waals surface area contributed by atoms with Crippen molar-refractivity contribution in [2.75, 3.05) is 20.2 Å². The van der Waals surface area contributed by atoms with Crippen LogP contribution in [0, 0.1) is 0 Å². The molecule has 3 rings (SSSR count). The Morgan fingerprint density at radius 2 is 2.33 bits per heavy atom. The Bertz CT molecular complexity index is 664. The van der Waals surface area contributed by atoms with Gasteiger partial charge in [0.15, 0.2) is 0 Å². The summed E-state index contributed by atoms with van der Waals surface area (Å²) in [4.78, 5) is 17.5. The lowest BCUT2D eigenvalue weighted by atomic mass is 9.87. The van der Waals surface area contributed by atoms with Crippen molar-refractivity contribution in [2.24, 2.45) is 0 Å². The van der Waals surface area contributed by atoms with Gasteiger partial charge in [-0.2, -0.15) is 5.10 Å². The monoisotopic (exact) mass is 349 g/mol. The molecule has 130 valence electrons. The van der Waals surface area contributed by atoms with Crippen molar-refractivity contribution in [1.29, 1.82) is 0 Å². The summed E-state index contributed by atoms with van der Waals surface area (Å²) < 4.78 is 7.07. The molecule has 0 aromatic carbocycles. The lowest BCUT2D eigenvalue weighted by molar-refractivity contribution is -0.132. The van der Waals surface area contributed by atoms with Crippen molar-refractivity contribution in [3.05, 3.63) is 34.5 Å². The third-order valence-electron chi connectivity index (χ3n) is 4.50. The van der Waals surface area contributed by atoms with Crippen LogP contribution in [0.1, 0.15) is 36.6 Å². The molecule has 1 amide bonds. The minimum absolute atomic E-state index is 0.00189. The van der Waals surface area contributed by atoms with Gasteiger partial charge in [-0.25, -0.2) is 4.98 Å². The van der Waals surface area contributed by atoms with Gasteiger partial charge in [0, 0.05) is 24.9 Å². The number of nitrogens with zero attached hydrogens (tertiary/aromatic N) is 3. The van der Waals surface area contributed by atoms with Gasteiger partial charge in [-0.3, -0.25) is 9.48 Å². The molecule has 8 heteroatoms. The molecule has 0 aliphatic carbocycles. The maximum Gasteiger partial charge on any atom is 0.248 e. The van der Waals surface area contributed by atoms with Crippen molar-refractivity contribution in [1.82, 2.24) is 25.4 Å². The summed E-state index contributed by atoms with van der Waals surface area (Å²) in [6.45, 7) is 3.99. The molecular formula is C16H23N5O2S. The van der Waals surface area contributed by atoms with Crippen molar-refractivity contribution >= 4 is 17.2 Å². The number of amides is 1. The SMILES string of the molecule is COC(C)c1nc(CNC(=O)C2(n3cccn3)CCNCC2)cs1. The summed E-state index contributed by atoms with van der Waals surface area (Å²) in [6.07, 6.45) is 5.01. The van der Waals surface area contributed by atoms with Gasteiger partial charge in [0.25, 0.3) is 0 Å². The van der Waals surface area contributed by atoms with Crippen LogP contribution >= 0.6 is 11.3 Å². The van der Waals surface area contributed by atoms with Crippen LogP contribution in [0.15, 0.2) is 23.8 Å². The summed E-state index contributed by atoms with van der Waals surface area (Å²) >= 11 is 1.55. The van der Waals surface area contributed by atoms with E-state index < -0.39 is 5.54 Å². The van der Waals surface area contributed by atoms with Crippen LogP contribution in [0.4, 0.5) is 0 Å². The number of hydrogen-bond acceptors (Lipinski definition) is 6. The Kier molecular flexibility index (Phi) is 5.27. The summed E-state index contributed by atoms with van der Waals surface area (Å²) in [5.41, 5.74) is 0.241. The molecule has 3 heterocycles. The highest BCUT2D eigenvalue weighted by molar-refractivity contribution is 7.09. The fourth-order valence-electron chi connectivity index (χ4n) is 2.95. The van der Waals surface area contributed by atoms with E-state index >= 15 is 0 Å². The molecular weight excluding hydrogens is 326 g/mol. The van der Waals surface area contributed by atoms with E-state index in [0.29, 0.717) is 6.54 Å². The average Bonchev–Trinajstić information content (AvgIpc) is 3.31. The average molecular weight is 349 g/mol. The number of methoxy groups -OCH3 is 1. The van der Waals surface area contributed by atoms with Crippen LogP contribution in [-0.2, 0) is 21.6 Å². The topological polar surface area (TPSA) is 81.1 Å². The normalized spacial score (nSPS) is 18.2. The number of aromatic nitrogens is 3. The van der Waals surface area contributed by atoms with Crippen LogP contribution < -0.4 is 10.6 Å². The maximum atomic E-state index is 12.9. The van der Waals surface area contributed by atoms with Gasteiger partial charge < -0.3 is 15.4 Å². The highest BCUT2D eigenvalue weighted by Crippen LogP contribution is 2.27. The fourth-order valence-corrected chi connectivity index (χ4v) is 3.80. The van der Waals surface area contributed by atoms with Crippen LogP contribution in [0.3, 0.4) is 0 Å². The summed E-state index contributed by atoms with van der Waals surface area (Å²) in [6, 6.07) is 1.86. The quantitative estimate of drug-likeness (QED) is 0.825. The van der Waals surface area contributed by atoms with E-state index in [1.165, 1.54) is 0 Å². The second-order valence-corrected chi connectivity index (χ2v) is 6.86.